The van der Waals surface area contributed by atoms with Crippen LogP contribution in [-0.4, -0.2) is 62.9 Å². The highest BCUT2D eigenvalue weighted by atomic mass is 32.2. The largest absolute Gasteiger partial charge is 0.341 e. The molecule has 0 spiro atoms. The third-order valence-electron chi connectivity index (χ3n) is 6.48. The van der Waals surface area contributed by atoms with Crippen LogP contribution in [0, 0.1) is 17.7 Å². The van der Waals surface area contributed by atoms with Gasteiger partial charge in [-0.25, -0.2) is 12.8 Å². The summed E-state index contributed by atoms with van der Waals surface area (Å²) in [6.45, 7) is 8.33. The highest BCUT2D eigenvalue weighted by molar-refractivity contribution is 7.89. The van der Waals surface area contributed by atoms with Crippen LogP contribution < -0.4 is 4.72 Å². The minimum absolute atomic E-state index is 0.219. The number of carbonyl (C=O) groups excluding carboxylic acids is 1. The molecule has 3 rings (SSSR count). The molecule has 0 aromatic heterocycles. The van der Waals surface area contributed by atoms with Crippen molar-refractivity contribution in [3.8, 4) is 0 Å². The Morgan fingerprint density at radius 2 is 1.68 bits per heavy atom. The van der Waals surface area contributed by atoms with Crippen LogP contribution in [0.4, 0.5) is 4.39 Å². The molecule has 8 heteroatoms. The Kier molecular flexibility index (Phi) is 8.47. The minimum Gasteiger partial charge on any atom is -0.341 e. The number of piperidine rings is 1. The Bertz CT molecular complexity index is 830. The molecule has 0 aliphatic carbocycles. The Balaban J connectivity index is 1.59. The van der Waals surface area contributed by atoms with Crippen LogP contribution in [0.1, 0.15) is 52.4 Å². The summed E-state index contributed by atoms with van der Waals surface area (Å²) in [4.78, 5) is 17.1. The number of benzene rings is 1. The second-order valence-electron chi connectivity index (χ2n) is 9.26. The van der Waals surface area contributed by atoms with Gasteiger partial charge in [-0.15, -0.1) is 0 Å². The first-order valence-electron chi connectivity index (χ1n) is 11.6. The van der Waals surface area contributed by atoms with Crippen molar-refractivity contribution in [1.29, 1.82) is 0 Å². The van der Waals surface area contributed by atoms with Crippen LogP contribution in [0.2, 0.25) is 0 Å². The topological polar surface area (TPSA) is 69.7 Å². The third-order valence-corrected chi connectivity index (χ3v) is 7.96. The van der Waals surface area contributed by atoms with Gasteiger partial charge >= 0.3 is 0 Å². The fraction of sp³-hybridized carbons (Fsp3) is 0.696. The van der Waals surface area contributed by atoms with Crippen LogP contribution in [0.25, 0.3) is 0 Å². The molecule has 0 radical (unpaired) electrons. The Morgan fingerprint density at radius 3 is 2.26 bits per heavy atom. The molecule has 0 unspecified atom stereocenters. The number of hydrogen-bond acceptors (Lipinski definition) is 4. The molecule has 1 aromatic rings. The summed E-state index contributed by atoms with van der Waals surface area (Å²) in [6, 6.07) is 4.32. The lowest BCUT2D eigenvalue weighted by atomic mass is 9.94. The average Bonchev–Trinajstić information content (AvgIpc) is 3.01. The van der Waals surface area contributed by atoms with Gasteiger partial charge in [0.2, 0.25) is 15.9 Å². The lowest BCUT2D eigenvalue weighted by molar-refractivity contribution is -0.135. The molecule has 2 saturated heterocycles. The first-order valence-corrected chi connectivity index (χ1v) is 13.0. The van der Waals surface area contributed by atoms with Gasteiger partial charge in [0.15, 0.2) is 0 Å². The molecular formula is C23H36FN3O3S. The van der Waals surface area contributed by atoms with Crippen LogP contribution in [0.15, 0.2) is 29.2 Å². The van der Waals surface area contributed by atoms with E-state index in [2.05, 4.69) is 9.62 Å². The predicted octanol–water partition coefficient (Wildman–Crippen LogP) is 3.24. The molecule has 1 atom stereocenters. The minimum atomic E-state index is -4.13. The Morgan fingerprint density at radius 1 is 1.06 bits per heavy atom. The van der Waals surface area contributed by atoms with Gasteiger partial charge in [0, 0.05) is 19.6 Å². The summed E-state index contributed by atoms with van der Waals surface area (Å²) in [5.41, 5.74) is 0. The van der Waals surface area contributed by atoms with E-state index in [0.717, 1.165) is 25.5 Å². The molecule has 2 aliphatic rings. The second kappa shape index (κ2) is 10.9. The van der Waals surface area contributed by atoms with E-state index < -0.39 is 26.8 Å². The van der Waals surface area contributed by atoms with Crippen molar-refractivity contribution < 1.29 is 17.6 Å². The van der Waals surface area contributed by atoms with Crippen molar-refractivity contribution >= 4 is 15.9 Å². The summed E-state index contributed by atoms with van der Waals surface area (Å²) < 4.78 is 42.0. The van der Waals surface area contributed by atoms with E-state index in [1.807, 2.05) is 0 Å². The van der Waals surface area contributed by atoms with Gasteiger partial charge in [-0.1, -0.05) is 38.8 Å². The molecule has 174 valence electrons. The van der Waals surface area contributed by atoms with E-state index in [1.165, 1.54) is 57.0 Å². The summed E-state index contributed by atoms with van der Waals surface area (Å²) in [7, 11) is -4.13. The van der Waals surface area contributed by atoms with Crippen molar-refractivity contribution in [1.82, 2.24) is 14.5 Å². The summed E-state index contributed by atoms with van der Waals surface area (Å²) in [5, 5.41) is 0. The maximum atomic E-state index is 14.0. The second-order valence-corrected chi connectivity index (χ2v) is 10.9. The van der Waals surface area contributed by atoms with Gasteiger partial charge in [0.25, 0.3) is 0 Å². The molecule has 0 bridgehead atoms. The first kappa shape index (κ1) is 24.1. The molecule has 1 amide bonds. The highest BCUT2D eigenvalue weighted by Crippen LogP contribution is 2.23. The number of halogens is 1. The lowest BCUT2D eigenvalue weighted by Crippen LogP contribution is -2.53. The molecule has 0 saturated carbocycles. The van der Waals surface area contributed by atoms with E-state index in [0.29, 0.717) is 19.0 Å². The molecule has 1 aromatic carbocycles. The number of likely N-dealkylation sites (tertiary alicyclic amines) is 2. The van der Waals surface area contributed by atoms with Crippen molar-refractivity contribution in [2.45, 2.75) is 63.3 Å². The van der Waals surface area contributed by atoms with Crippen LogP contribution in [0.5, 0.6) is 0 Å². The maximum absolute atomic E-state index is 14.0. The Labute approximate surface area is 186 Å². The number of sulfonamides is 1. The number of nitrogens with one attached hydrogen (secondary N) is 1. The zero-order chi connectivity index (χ0) is 22.4. The normalized spacial score (nSPS) is 20.6. The molecule has 2 fully saturated rings. The molecular weight excluding hydrogens is 417 g/mol. The standard InChI is InChI=1S/C23H36FN3O3S/c1-18(2)22(25-31(29,30)21-10-6-5-9-20(21)24)23(28)27-15-11-19(12-16-27)17-26-13-7-3-4-8-14-26/h5-6,9-10,18-19,22,25H,3-4,7-8,11-17H2,1-2H3/t22-/m0/s1. The van der Waals surface area contributed by atoms with Crippen LogP contribution >= 0.6 is 0 Å². The fourth-order valence-electron chi connectivity index (χ4n) is 4.58. The zero-order valence-corrected chi connectivity index (χ0v) is 19.5. The van der Waals surface area contributed by atoms with Gasteiger partial charge in [-0.05, 0) is 62.7 Å². The summed E-state index contributed by atoms with van der Waals surface area (Å²) in [6.07, 6.45) is 7.07. The first-order chi connectivity index (χ1) is 14.8. The van der Waals surface area contributed by atoms with Crippen molar-refractivity contribution in [3.63, 3.8) is 0 Å². The Hall–Kier alpha value is -1.51. The summed E-state index contributed by atoms with van der Waals surface area (Å²) in [5.74, 6) is -0.707. The van der Waals surface area contributed by atoms with Gasteiger partial charge in [-0.3, -0.25) is 4.79 Å². The van der Waals surface area contributed by atoms with E-state index in [-0.39, 0.29) is 11.8 Å². The number of carbonyl (C=O) groups is 1. The molecule has 2 aliphatic heterocycles. The number of rotatable bonds is 7. The quantitative estimate of drug-likeness (QED) is 0.688. The summed E-state index contributed by atoms with van der Waals surface area (Å²) >= 11 is 0. The molecule has 6 nitrogen and oxygen atoms in total. The predicted molar refractivity (Wildman–Crippen MR) is 120 cm³/mol. The fourth-order valence-corrected chi connectivity index (χ4v) is 6.00. The molecule has 31 heavy (non-hydrogen) atoms. The van der Waals surface area contributed by atoms with Crippen LogP contribution in [0.3, 0.4) is 0 Å². The van der Waals surface area contributed by atoms with E-state index in [1.54, 1.807) is 18.7 Å². The van der Waals surface area contributed by atoms with Crippen molar-refractivity contribution in [2.75, 3.05) is 32.7 Å². The zero-order valence-electron chi connectivity index (χ0n) is 18.7. The van der Waals surface area contributed by atoms with E-state index in [9.17, 15) is 17.6 Å². The van der Waals surface area contributed by atoms with Crippen molar-refractivity contribution in [2.24, 2.45) is 11.8 Å². The van der Waals surface area contributed by atoms with E-state index in [4.69, 9.17) is 0 Å². The van der Waals surface area contributed by atoms with E-state index >= 15 is 0 Å². The highest BCUT2D eigenvalue weighted by Gasteiger charge is 2.34. The lowest BCUT2D eigenvalue weighted by Gasteiger charge is -2.37. The number of amides is 1. The molecule has 1 N–H and O–H groups in total. The van der Waals surface area contributed by atoms with Gasteiger partial charge in [0.05, 0.1) is 0 Å². The average molecular weight is 454 g/mol. The molecule has 2 heterocycles. The SMILES string of the molecule is CC(C)[C@H](NS(=O)(=O)c1ccccc1F)C(=O)N1CCC(CN2CCCCCC2)CC1. The van der Waals surface area contributed by atoms with Crippen molar-refractivity contribution in [3.05, 3.63) is 30.1 Å². The number of nitrogens with zero attached hydrogens (tertiary/aromatic N) is 2. The van der Waals surface area contributed by atoms with Gasteiger partial charge < -0.3 is 9.80 Å². The van der Waals surface area contributed by atoms with Gasteiger partial charge in [0.1, 0.15) is 16.8 Å². The van der Waals surface area contributed by atoms with Crippen LogP contribution in [-0.2, 0) is 14.8 Å². The maximum Gasteiger partial charge on any atom is 0.244 e. The third kappa shape index (κ3) is 6.49. The smallest absolute Gasteiger partial charge is 0.244 e. The number of hydrogen-bond donors (Lipinski definition) is 1. The monoisotopic (exact) mass is 453 g/mol. The van der Waals surface area contributed by atoms with Gasteiger partial charge in [-0.2, -0.15) is 4.72 Å².